The number of benzene rings is 1. The number of carbonyl (C=O) groups excluding carboxylic acids is 1. The Morgan fingerprint density at radius 3 is 2.45 bits per heavy atom. The Morgan fingerprint density at radius 1 is 1.27 bits per heavy atom. The maximum atomic E-state index is 12.0. The minimum atomic E-state index is -0.321. The van der Waals surface area contributed by atoms with Gasteiger partial charge in [0.25, 0.3) is 0 Å². The number of hydrogen-bond donors (Lipinski definition) is 0. The Hall–Kier alpha value is -1.22. The zero-order valence-corrected chi connectivity index (χ0v) is 14.6. The van der Waals surface area contributed by atoms with Crippen LogP contribution in [0.5, 0.6) is 0 Å². The normalized spacial score (nSPS) is 16.2. The van der Waals surface area contributed by atoms with Crippen molar-refractivity contribution >= 4 is 23.3 Å². The third kappa shape index (κ3) is 3.75. The van der Waals surface area contributed by atoms with Crippen LogP contribution in [0.25, 0.3) is 0 Å². The first kappa shape index (κ1) is 17.1. The van der Waals surface area contributed by atoms with Gasteiger partial charge in [-0.15, -0.1) is 0 Å². The summed E-state index contributed by atoms with van der Waals surface area (Å²) < 4.78 is 4.89. The summed E-state index contributed by atoms with van der Waals surface area (Å²) in [6.07, 6.45) is 7.65. The molecule has 0 N–H and O–H groups in total. The van der Waals surface area contributed by atoms with E-state index in [1.807, 2.05) is 13.0 Å². The predicted molar refractivity (Wildman–Crippen MR) is 92.0 cm³/mol. The Kier molecular flexibility index (Phi) is 6.13. The second kappa shape index (κ2) is 7.87. The molecule has 4 heteroatoms. The molecule has 1 aromatic carbocycles. The van der Waals surface area contributed by atoms with Gasteiger partial charge in [-0.2, -0.15) is 0 Å². The van der Waals surface area contributed by atoms with Gasteiger partial charge >= 0.3 is 5.97 Å². The number of nitrogens with zero attached hydrogens (tertiary/aromatic N) is 1. The van der Waals surface area contributed by atoms with Crippen molar-refractivity contribution in [3.8, 4) is 0 Å². The molecule has 0 bridgehead atoms. The molecule has 0 atom stereocenters. The van der Waals surface area contributed by atoms with Crippen LogP contribution in [0.4, 0.5) is 5.69 Å². The summed E-state index contributed by atoms with van der Waals surface area (Å²) >= 11 is 6.26. The van der Waals surface area contributed by atoms with Crippen molar-refractivity contribution in [2.75, 3.05) is 18.6 Å². The van der Waals surface area contributed by atoms with Gasteiger partial charge < -0.3 is 9.64 Å². The minimum Gasteiger partial charge on any atom is -0.465 e. The van der Waals surface area contributed by atoms with Gasteiger partial charge in [0.15, 0.2) is 0 Å². The van der Waals surface area contributed by atoms with E-state index >= 15 is 0 Å². The molecule has 0 spiro atoms. The summed E-state index contributed by atoms with van der Waals surface area (Å²) in [6, 6.07) is 4.22. The fourth-order valence-electron chi connectivity index (χ4n) is 3.48. The van der Waals surface area contributed by atoms with Crippen LogP contribution >= 0.6 is 11.6 Å². The molecule has 0 amide bonds. The van der Waals surface area contributed by atoms with Crippen molar-refractivity contribution in [2.45, 2.75) is 58.4 Å². The Morgan fingerprint density at radius 2 is 1.91 bits per heavy atom. The molecule has 1 fully saturated rings. The Labute approximate surface area is 138 Å². The van der Waals surface area contributed by atoms with Crippen LogP contribution in [0.3, 0.4) is 0 Å². The highest BCUT2D eigenvalue weighted by atomic mass is 35.5. The third-order valence-electron chi connectivity index (χ3n) is 4.67. The van der Waals surface area contributed by atoms with E-state index in [1.165, 1.54) is 45.6 Å². The standard InChI is InChI=1S/C18H26ClNO2/c1-4-20(15-9-7-5-6-8-10-15)17-12-14(19)11-16(13(17)2)18(21)22-3/h11-12,15H,4-10H2,1-3H3. The van der Waals surface area contributed by atoms with Gasteiger partial charge in [-0.1, -0.05) is 37.3 Å². The molecule has 0 radical (unpaired) electrons. The molecule has 1 saturated carbocycles. The van der Waals surface area contributed by atoms with E-state index in [9.17, 15) is 4.79 Å². The molecule has 0 unspecified atom stereocenters. The topological polar surface area (TPSA) is 29.5 Å². The molecular weight excluding hydrogens is 298 g/mol. The maximum Gasteiger partial charge on any atom is 0.338 e. The van der Waals surface area contributed by atoms with Crippen molar-refractivity contribution in [3.63, 3.8) is 0 Å². The van der Waals surface area contributed by atoms with E-state index in [0.29, 0.717) is 16.6 Å². The van der Waals surface area contributed by atoms with Crippen molar-refractivity contribution in [1.82, 2.24) is 0 Å². The molecule has 1 aliphatic rings. The number of esters is 1. The van der Waals surface area contributed by atoms with E-state index in [1.54, 1.807) is 6.07 Å². The molecule has 0 saturated heterocycles. The summed E-state index contributed by atoms with van der Waals surface area (Å²) in [5.74, 6) is -0.321. The summed E-state index contributed by atoms with van der Waals surface area (Å²) in [7, 11) is 1.41. The van der Waals surface area contributed by atoms with Gasteiger partial charge in [0, 0.05) is 23.3 Å². The molecule has 22 heavy (non-hydrogen) atoms. The monoisotopic (exact) mass is 323 g/mol. The van der Waals surface area contributed by atoms with E-state index in [4.69, 9.17) is 16.3 Å². The average Bonchev–Trinajstić information content (AvgIpc) is 2.79. The number of methoxy groups -OCH3 is 1. The molecule has 2 rings (SSSR count). The summed E-state index contributed by atoms with van der Waals surface area (Å²) in [4.78, 5) is 14.4. The second-order valence-corrected chi connectivity index (χ2v) is 6.46. The third-order valence-corrected chi connectivity index (χ3v) is 4.88. The zero-order valence-electron chi connectivity index (χ0n) is 13.8. The highest BCUT2D eigenvalue weighted by Crippen LogP contribution is 2.33. The van der Waals surface area contributed by atoms with Crippen molar-refractivity contribution in [3.05, 3.63) is 28.3 Å². The first-order chi connectivity index (χ1) is 10.6. The summed E-state index contributed by atoms with van der Waals surface area (Å²) in [6.45, 7) is 5.08. The quantitative estimate of drug-likeness (QED) is 0.578. The molecule has 1 aromatic rings. The second-order valence-electron chi connectivity index (χ2n) is 6.02. The van der Waals surface area contributed by atoms with E-state index in [0.717, 1.165) is 17.8 Å². The fourth-order valence-corrected chi connectivity index (χ4v) is 3.69. The lowest BCUT2D eigenvalue weighted by atomic mass is 10.0. The van der Waals surface area contributed by atoms with Crippen molar-refractivity contribution in [2.24, 2.45) is 0 Å². The van der Waals surface area contributed by atoms with Crippen LogP contribution in [-0.2, 0) is 4.74 Å². The summed E-state index contributed by atoms with van der Waals surface area (Å²) in [5, 5.41) is 0.591. The molecule has 3 nitrogen and oxygen atoms in total. The van der Waals surface area contributed by atoms with Gasteiger partial charge in [-0.3, -0.25) is 0 Å². The van der Waals surface area contributed by atoms with Gasteiger partial charge in [-0.25, -0.2) is 4.79 Å². The molecule has 1 aliphatic carbocycles. The van der Waals surface area contributed by atoms with Crippen LogP contribution in [0.1, 0.15) is 61.4 Å². The summed E-state index contributed by atoms with van der Waals surface area (Å²) in [5.41, 5.74) is 2.60. The highest BCUT2D eigenvalue weighted by molar-refractivity contribution is 6.31. The minimum absolute atomic E-state index is 0.321. The Balaban J connectivity index is 2.39. The SMILES string of the molecule is CCN(c1cc(Cl)cc(C(=O)OC)c1C)C1CCCCCC1. The van der Waals surface area contributed by atoms with Gasteiger partial charge in [0.2, 0.25) is 0 Å². The van der Waals surface area contributed by atoms with Crippen LogP contribution in [0.15, 0.2) is 12.1 Å². The molecular formula is C18H26ClNO2. The van der Waals surface area contributed by atoms with Crippen molar-refractivity contribution < 1.29 is 9.53 Å². The number of anilines is 1. The molecule has 0 aromatic heterocycles. The number of rotatable bonds is 4. The van der Waals surface area contributed by atoms with E-state index in [2.05, 4.69) is 11.8 Å². The lowest BCUT2D eigenvalue weighted by Gasteiger charge is -2.34. The van der Waals surface area contributed by atoms with E-state index in [-0.39, 0.29) is 5.97 Å². The predicted octanol–water partition coefficient (Wildman–Crippen LogP) is 4.98. The number of carbonyl (C=O) groups is 1. The number of ether oxygens (including phenoxy) is 1. The lowest BCUT2D eigenvalue weighted by molar-refractivity contribution is 0.0600. The zero-order chi connectivity index (χ0) is 16.1. The maximum absolute atomic E-state index is 12.0. The average molecular weight is 324 g/mol. The van der Waals surface area contributed by atoms with Crippen LogP contribution in [-0.4, -0.2) is 25.7 Å². The van der Waals surface area contributed by atoms with Gasteiger partial charge in [0.1, 0.15) is 0 Å². The molecule has 122 valence electrons. The van der Waals surface area contributed by atoms with Crippen LogP contribution in [0, 0.1) is 6.92 Å². The van der Waals surface area contributed by atoms with Crippen molar-refractivity contribution in [1.29, 1.82) is 0 Å². The molecule has 0 aliphatic heterocycles. The van der Waals surface area contributed by atoms with Crippen LogP contribution < -0.4 is 4.90 Å². The van der Waals surface area contributed by atoms with Crippen LogP contribution in [0.2, 0.25) is 5.02 Å². The smallest absolute Gasteiger partial charge is 0.338 e. The first-order valence-electron chi connectivity index (χ1n) is 8.23. The molecule has 0 heterocycles. The Bertz CT molecular complexity index is 522. The fraction of sp³-hybridized carbons (Fsp3) is 0.611. The van der Waals surface area contributed by atoms with Gasteiger partial charge in [0.05, 0.1) is 12.7 Å². The highest BCUT2D eigenvalue weighted by Gasteiger charge is 2.23. The van der Waals surface area contributed by atoms with E-state index < -0.39 is 0 Å². The van der Waals surface area contributed by atoms with Gasteiger partial charge in [-0.05, 0) is 44.4 Å². The largest absolute Gasteiger partial charge is 0.465 e. The number of hydrogen-bond acceptors (Lipinski definition) is 3. The lowest BCUT2D eigenvalue weighted by Crippen LogP contribution is -2.35. The number of halogens is 1. The first-order valence-corrected chi connectivity index (χ1v) is 8.61.